The fourth-order valence-electron chi connectivity index (χ4n) is 2.28. The highest BCUT2D eigenvalue weighted by atomic mass is 35.5. The zero-order valence-corrected chi connectivity index (χ0v) is 13.2. The summed E-state index contributed by atoms with van der Waals surface area (Å²) in [6.45, 7) is 5.07. The molecule has 0 fully saturated rings. The van der Waals surface area contributed by atoms with Crippen LogP contribution >= 0.6 is 23.2 Å². The molecule has 2 aromatic rings. The lowest BCUT2D eigenvalue weighted by Gasteiger charge is -2.21. The van der Waals surface area contributed by atoms with E-state index in [0.29, 0.717) is 10.0 Å². The molecule has 1 unspecified atom stereocenters. The summed E-state index contributed by atoms with van der Waals surface area (Å²) in [5.41, 5.74) is 3.37. The number of pyridine rings is 1. The molecule has 2 rings (SSSR count). The average molecular weight is 309 g/mol. The van der Waals surface area contributed by atoms with Crippen molar-refractivity contribution in [3.8, 4) is 0 Å². The summed E-state index contributed by atoms with van der Waals surface area (Å²) in [6.07, 6.45) is 2.78. The van der Waals surface area contributed by atoms with Gasteiger partial charge < -0.3 is 5.32 Å². The Kier molecular flexibility index (Phi) is 5.41. The topological polar surface area (TPSA) is 24.9 Å². The fraction of sp³-hybridized carbons (Fsp3) is 0.312. The van der Waals surface area contributed by atoms with E-state index in [4.69, 9.17) is 23.2 Å². The van der Waals surface area contributed by atoms with Crippen LogP contribution in [0.5, 0.6) is 0 Å². The van der Waals surface area contributed by atoms with Gasteiger partial charge in [-0.15, -0.1) is 0 Å². The maximum Gasteiger partial charge on any atom is 0.0754 e. The first kappa shape index (κ1) is 15.3. The van der Waals surface area contributed by atoms with Crippen LogP contribution in [0.2, 0.25) is 10.0 Å². The van der Waals surface area contributed by atoms with Crippen molar-refractivity contribution in [1.82, 2.24) is 10.3 Å². The van der Waals surface area contributed by atoms with E-state index < -0.39 is 0 Å². The van der Waals surface area contributed by atoms with Gasteiger partial charge in [0.1, 0.15) is 0 Å². The smallest absolute Gasteiger partial charge is 0.0754 e. The molecule has 0 aliphatic rings. The second kappa shape index (κ2) is 7.07. The van der Waals surface area contributed by atoms with Gasteiger partial charge in [0.05, 0.1) is 21.8 Å². The van der Waals surface area contributed by atoms with Crippen molar-refractivity contribution in [2.45, 2.75) is 26.3 Å². The van der Waals surface area contributed by atoms with Gasteiger partial charge in [0.15, 0.2) is 0 Å². The van der Waals surface area contributed by atoms with Gasteiger partial charge in [-0.1, -0.05) is 49.2 Å². The molecule has 0 aliphatic heterocycles. The minimum Gasteiger partial charge on any atom is -0.305 e. The first-order valence-electron chi connectivity index (χ1n) is 6.79. The predicted octanol–water partition coefficient (Wildman–Crippen LogP) is 4.65. The lowest BCUT2D eigenvalue weighted by atomic mass is 9.98. The van der Waals surface area contributed by atoms with Crippen LogP contribution in [0.15, 0.2) is 36.5 Å². The number of halogens is 2. The second-order valence-electron chi connectivity index (χ2n) is 4.57. The van der Waals surface area contributed by atoms with E-state index in [1.165, 1.54) is 5.56 Å². The molecule has 0 spiro atoms. The third-order valence-electron chi connectivity index (χ3n) is 3.27. The van der Waals surface area contributed by atoms with Crippen LogP contribution < -0.4 is 5.32 Å². The molecule has 1 aromatic heterocycles. The van der Waals surface area contributed by atoms with Crippen molar-refractivity contribution in [3.63, 3.8) is 0 Å². The zero-order valence-electron chi connectivity index (χ0n) is 11.7. The fourth-order valence-corrected chi connectivity index (χ4v) is 2.58. The van der Waals surface area contributed by atoms with Gasteiger partial charge in [0, 0.05) is 6.20 Å². The van der Waals surface area contributed by atoms with Crippen LogP contribution in [0, 0.1) is 0 Å². The van der Waals surface area contributed by atoms with Gasteiger partial charge in [-0.2, -0.15) is 0 Å². The Morgan fingerprint density at radius 2 is 1.95 bits per heavy atom. The maximum absolute atomic E-state index is 6.14. The molecule has 0 saturated heterocycles. The molecule has 106 valence electrons. The predicted molar refractivity (Wildman–Crippen MR) is 85.6 cm³/mol. The van der Waals surface area contributed by atoms with Gasteiger partial charge in [-0.05, 0) is 42.3 Å². The monoisotopic (exact) mass is 308 g/mol. The summed E-state index contributed by atoms with van der Waals surface area (Å²) in [4.78, 5) is 4.56. The summed E-state index contributed by atoms with van der Waals surface area (Å²) in [5, 5.41) is 4.61. The third kappa shape index (κ3) is 3.32. The molecular formula is C16H18Cl2N2. The molecule has 1 aromatic carbocycles. The van der Waals surface area contributed by atoms with Gasteiger partial charge in [0.2, 0.25) is 0 Å². The molecule has 0 saturated carbocycles. The Morgan fingerprint density at radius 3 is 2.60 bits per heavy atom. The summed E-state index contributed by atoms with van der Waals surface area (Å²) in [5.74, 6) is 0. The van der Waals surface area contributed by atoms with Crippen LogP contribution in [0.4, 0.5) is 0 Å². The number of nitrogens with zero attached hydrogens (tertiary/aromatic N) is 1. The van der Waals surface area contributed by atoms with E-state index >= 15 is 0 Å². The van der Waals surface area contributed by atoms with Gasteiger partial charge >= 0.3 is 0 Å². The number of aromatic nitrogens is 1. The summed E-state index contributed by atoms with van der Waals surface area (Å²) < 4.78 is 0. The summed E-state index contributed by atoms with van der Waals surface area (Å²) in [7, 11) is 0. The normalized spacial score (nSPS) is 12.4. The van der Waals surface area contributed by atoms with E-state index in [9.17, 15) is 0 Å². The van der Waals surface area contributed by atoms with Gasteiger partial charge in [-0.25, -0.2) is 0 Å². The lowest BCUT2D eigenvalue weighted by molar-refractivity contribution is 0.609. The Bertz CT molecular complexity index is 584. The highest BCUT2D eigenvalue weighted by molar-refractivity contribution is 6.42. The van der Waals surface area contributed by atoms with E-state index in [1.54, 1.807) is 0 Å². The number of nitrogens with one attached hydrogen (secondary N) is 1. The molecule has 1 heterocycles. The first-order chi connectivity index (χ1) is 9.67. The molecule has 2 nitrogen and oxygen atoms in total. The third-order valence-corrected chi connectivity index (χ3v) is 4.00. The quantitative estimate of drug-likeness (QED) is 0.869. The largest absolute Gasteiger partial charge is 0.305 e. The van der Waals surface area contributed by atoms with E-state index in [2.05, 4.69) is 30.2 Å². The minimum absolute atomic E-state index is 0.0333. The second-order valence-corrected chi connectivity index (χ2v) is 5.38. The van der Waals surface area contributed by atoms with Crippen molar-refractivity contribution in [2.24, 2.45) is 0 Å². The molecule has 0 radical (unpaired) electrons. The molecule has 1 atom stereocenters. The summed E-state index contributed by atoms with van der Waals surface area (Å²) >= 11 is 12.1. The van der Waals surface area contributed by atoms with Crippen molar-refractivity contribution in [3.05, 3.63) is 63.4 Å². The van der Waals surface area contributed by atoms with E-state index in [0.717, 1.165) is 24.2 Å². The Balaban J connectivity index is 2.47. The molecule has 4 heteroatoms. The number of hydrogen-bond acceptors (Lipinski definition) is 2. The lowest BCUT2D eigenvalue weighted by Crippen LogP contribution is -2.24. The summed E-state index contributed by atoms with van der Waals surface area (Å²) in [6, 6.07) is 9.86. The van der Waals surface area contributed by atoms with Crippen LogP contribution in [0.1, 0.15) is 36.7 Å². The Hall–Kier alpha value is -1.09. The van der Waals surface area contributed by atoms with Crippen LogP contribution in [-0.4, -0.2) is 11.5 Å². The molecule has 1 N–H and O–H groups in total. The standard InChI is InChI=1S/C16H18Cl2N2/c1-3-11-6-5-9-20-15(11)16(19-4-2)12-7-8-13(17)14(18)10-12/h5-10,16,19H,3-4H2,1-2H3. The number of hydrogen-bond donors (Lipinski definition) is 1. The molecule has 0 bridgehead atoms. The van der Waals surface area contributed by atoms with Crippen LogP contribution in [-0.2, 0) is 6.42 Å². The molecule has 20 heavy (non-hydrogen) atoms. The Morgan fingerprint density at radius 1 is 1.15 bits per heavy atom. The van der Waals surface area contributed by atoms with E-state index in [-0.39, 0.29) is 6.04 Å². The Labute approximate surface area is 130 Å². The zero-order chi connectivity index (χ0) is 14.5. The van der Waals surface area contributed by atoms with Crippen molar-refractivity contribution < 1.29 is 0 Å². The van der Waals surface area contributed by atoms with Crippen molar-refractivity contribution >= 4 is 23.2 Å². The SMILES string of the molecule is CCNC(c1ccc(Cl)c(Cl)c1)c1ncccc1CC. The van der Waals surface area contributed by atoms with Crippen molar-refractivity contribution in [1.29, 1.82) is 0 Å². The highest BCUT2D eigenvalue weighted by Gasteiger charge is 2.18. The highest BCUT2D eigenvalue weighted by Crippen LogP contribution is 2.29. The molecule has 0 amide bonds. The number of aryl methyl sites for hydroxylation is 1. The van der Waals surface area contributed by atoms with Gasteiger partial charge in [-0.3, -0.25) is 4.98 Å². The van der Waals surface area contributed by atoms with Crippen LogP contribution in [0.25, 0.3) is 0 Å². The minimum atomic E-state index is 0.0333. The number of rotatable bonds is 5. The van der Waals surface area contributed by atoms with Crippen molar-refractivity contribution in [2.75, 3.05) is 6.54 Å². The molecule has 0 aliphatic carbocycles. The van der Waals surface area contributed by atoms with Crippen LogP contribution in [0.3, 0.4) is 0 Å². The van der Waals surface area contributed by atoms with Gasteiger partial charge in [0.25, 0.3) is 0 Å². The number of benzene rings is 1. The average Bonchev–Trinajstić information content (AvgIpc) is 2.48. The van der Waals surface area contributed by atoms with E-state index in [1.807, 2.05) is 30.5 Å². The molecular weight excluding hydrogens is 291 g/mol. The first-order valence-corrected chi connectivity index (χ1v) is 7.55. The maximum atomic E-state index is 6.14.